The molecule has 1 rings (SSSR count). The molecule has 0 radical (unpaired) electrons. The van der Waals surface area contributed by atoms with E-state index in [0.29, 0.717) is 0 Å². The van der Waals surface area contributed by atoms with E-state index in [1.54, 1.807) is 0 Å². The van der Waals surface area contributed by atoms with Crippen molar-refractivity contribution < 1.29 is 8.97 Å². The van der Waals surface area contributed by atoms with Crippen LogP contribution in [0.2, 0.25) is 0 Å². The fourth-order valence-corrected chi connectivity index (χ4v) is 4.10. The molecule has 0 atom stereocenters. The Bertz CT molecular complexity index is 219. The summed E-state index contributed by atoms with van der Waals surface area (Å²) in [5.74, 6) is 0. The second-order valence-corrected chi connectivity index (χ2v) is 6.96. The van der Waals surface area contributed by atoms with Gasteiger partial charge in [-0.1, -0.05) is 0 Å². The van der Waals surface area contributed by atoms with Gasteiger partial charge in [0.25, 0.3) is 0 Å². The van der Waals surface area contributed by atoms with Gasteiger partial charge in [0.05, 0.1) is 52.4 Å². The van der Waals surface area contributed by atoms with Crippen LogP contribution in [-0.4, -0.2) is 61.3 Å². The second-order valence-electron chi connectivity index (χ2n) is 6.96. The standard InChI is InChI=1S/C18H40N2/c1-5-19(6-2,7-3)15-11-9-10-12-16-20(8-4)17-13-14-18-20/h5-18H2,1-4H3/q+2. The van der Waals surface area contributed by atoms with Gasteiger partial charge in [-0.3, -0.25) is 0 Å². The molecule has 0 aromatic rings. The number of nitrogens with zero attached hydrogens (tertiary/aromatic N) is 2. The van der Waals surface area contributed by atoms with Gasteiger partial charge in [-0.15, -0.1) is 0 Å². The third-order valence-electron chi connectivity index (χ3n) is 6.21. The van der Waals surface area contributed by atoms with Crippen LogP contribution >= 0.6 is 0 Å². The lowest BCUT2D eigenvalue weighted by Crippen LogP contribution is -2.48. The molecule has 0 aliphatic carbocycles. The highest BCUT2D eigenvalue weighted by atomic mass is 15.4. The summed E-state index contributed by atoms with van der Waals surface area (Å²) >= 11 is 0. The third kappa shape index (κ3) is 5.04. The molecular formula is C18H40N2+2. The monoisotopic (exact) mass is 284 g/mol. The Kier molecular flexibility index (Phi) is 8.13. The second kappa shape index (κ2) is 9.04. The Morgan fingerprint density at radius 1 is 0.750 bits per heavy atom. The van der Waals surface area contributed by atoms with E-state index in [2.05, 4.69) is 27.7 Å². The molecule has 0 amide bonds. The van der Waals surface area contributed by atoms with Gasteiger partial charge in [0, 0.05) is 12.8 Å². The predicted octanol–water partition coefficient (Wildman–Crippen LogP) is 4.05. The third-order valence-corrected chi connectivity index (χ3v) is 6.21. The summed E-state index contributed by atoms with van der Waals surface area (Å²) < 4.78 is 2.76. The molecule has 2 heteroatoms. The topological polar surface area (TPSA) is 0 Å². The van der Waals surface area contributed by atoms with E-state index in [-0.39, 0.29) is 0 Å². The van der Waals surface area contributed by atoms with Gasteiger partial charge >= 0.3 is 0 Å². The van der Waals surface area contributed by atoms with Crippen LogP contribution in [0.1, 0.15) is 66.2 Å². The number of rotatable bonds is 11. The SMILES string of the molecule is CC[N+](CC)(CC)CCCCCC[N+]1(CC)CCCC1. The van der Waals surface area contributed by atoms with Gasteiger partial charge in [-0.05, 0) is 53.4 Å². The van der Waals surface area contributed by atoms with Gasteiger partial charge < -0.3 is 8.97 Å². The minimum atomic E-state index is 1.31. The largest absolute Gasteiger partial charge is 0.324 e. The number of hydrogen-bond acceptors (Lipinski definition) is 0. The number of likely N-dealkylation sites (tertiary alicyclic amines) is 1. The van der Waals surface area contributed by atoms with Gasteiger partial charge in [-0.2, -0.15) is 0 Å². The molecule has 1 aliphatic rings. The van der Waals surface area contributed by atoms with Gasteiger partial charge in [0.1, 0.15) is 0 Å². The average Bonchev–Trinajstić information content (AvgIpc) is 2.97. The number of unbranched alkanes of at least 4 members (excludes halogenated alkanes) is 3. The summed E-state index contributed by atoms with van der Waals surface area (Å²) in [6.07, 6.45) is 8.73. The zero-order chi connectivity index (χ0) is 14.9. The Balaban J connectivity index is 2.13. The van der Waals surface area contributed by atoms with E-state index in [1.165, 1.54) is 99.8 Å². The van der Waals surface area contributed by atoms with Crippen LogP contribution in [0.15, 0.2) is 0 Å². The molecular weight excluding hydrogens is 244 g/mol. The maximum Gasteiger partial charge on any atom is 0.0788 e. The van der Waals surface area contributed by atoms with Gasteiger partial charge in [0.15, 0.2) is 0 Å². The highest BCUT2D eigenvalue weighted by Crippen LogP contribution is 2.20. The molecule has 2 nitrogen and oxygen atoms in total. The summed E-state index contributed by atoms with van der Waals surface area (Å²) in [6, 6.07) is 0. The first-order valence-electron chi connectivity index (χ1n) is 9.36. The van der Waals surface area contributed by atoms with E-state index in [0.717, 1.165) is 0 Å². The van der Waals surface area contributed by atoms with Crippen molar-refractivity contribution in [2.45, 2.75) is 66.2 Å². The highest BCUT2D eigenvalue weighted by Gasteiger charge is 2.29. The van der Waals surface area contributed by atoms with E-state index in [9.17, 15) is 0 Å². The highest BCUT2D eigenvalue weighted by molar-refractivity contribution is 4.55. The van der Waals surface area contributed by atoms with E-state index >= 15 is 0 Å². The van der Waals surface area contributed by atoms with Crippen LogP contribution in [0.4, 0.5) is 0 Å². The molecule has 1 saturated heterocycles. The number of quaternary nitrogens is 2. The van der Waals surface area contributed by atoms with E-state index < -0.39 is 0 Å². The van der Waals surface area contributed by atoms with Crippen molar-refractivity contribution >= 4 is 0 Å². The Labute approximate surface area is 128 Å². The summed E-state index contributed by atoms with van der Waals surface area (Å²) in [5.41, 5.74) is 0. The average molecular weight is 285 g/mol. The molecule has 1 aliphatic heterocycles. The predicted molar refractivity (Wildman–Crippen MR) is 89.9 cm³/mol. The summed E-state index contributed by atoms with van der Waals surface area (Å²) in [7, 11) is 0. The summed E-state index contributed by atoms with van der Waals surface area (Å²) in [4.78, 5) is 0. The molecule has 1 heterocycles. The van der Waals surface area contributed by atoms with Crippen LogP contribution < -0.4 is 0 Å². The maximum atomic E-state index is 2.39. The van der Waals surface area contributed by atoms with Crippen molar-refractivity contribution in [2.24, 2.45) is 0 Å². The van der Waals surface area contributed by atoms with Crippen molar-refractivity contribution in [2.75, 3.05) is 52.4 Å². The molecule has 0 saturated carbocycles. The van der Waals surface area contributed by atoms with E-state index in [1.807, 2.05) is 0 Å². The lowest BCUT2D eigenvalue weighted by atomic mass is 10.1. The van der Waals surface area contributed by atoms with E-state index in [4.69, 9.17) is 0 Å². The first kappa shape index (κ1) is 18.0. The molecule has 0 aromatic carbocycles. The first-order chi connectivity index (χ1) is 9.66. The smallest absolute Gasteiger partial charge is 0.0788 e. The fraction of sp³-hybridized carbons (Fsp3) is 1.00. The van der Waals surface area contributed by atoms with Crippen LogP contribution in [0.3, 0.4) is 0 Å². The van der Waals surface area contributed by atoms with Crippen LogP contribution in [0.25, 0.3) is 0 Å². The van der Waals surface area contributed by atoms with Crippen molar-refractivity contribution in [3.05, 3.63) is 0 Å². The fourth-order valence-electron chi connectivity index (χ4n) is 4.10. The first-order valence-corrected chi connectivity index (χ1v) is 9.36. The molecule has 1 fully saturated rings. The zero-order valence-corrected chi connectivity index (χ0v) is 14.8. The van der Waals surface area contributed by atoms with Gasteiger partial charge in [0.2, 0.25) is 0 Å². The normalized spacial score (nSPS) is 18.6. The molecule has 0 spiro atoms. The van der Waals surface area contributed by atoms with Crippen LogP contribution in [0.5, 0.6) is 0 Å². The Hall–Kier alpha value is -0.0800. The summed E-state index contributed by atoms with van der Waals surface area (Å²) in [6.45, 7) is 20.5. The van der Waals surface area contributed by atoms with Crippen molar-refractivity contribution in [1.29, 1.82) is 0 Å². The zero-order valence-electron chi connectivity index (χ0n) is 14.8. The minimum absolute atomic E-state index is 1.31. The van der Waals surface area contributed by atoms with Crippen LogP contribution in [0, 0.1) is 0 Å². The lowest BCUT2D eigenvalue weighted by molar-refractivity contribution is -0.923. The quantitative estimate of drug-likeness (QED) is 0.396. The lowest BCUT2D eigenvalue weighted by Gasteiger charge is -2.36. The summed E-state index contributed by atoms with van der Waals surface area (Å²) in [5, 5.41) is 0. The van der Waals surface area contributed by atoms with Crippen LogP contribution in [-0.2, 0) is 0 Å². The van der Waals surface area contributed by atoms with Crippen molar-refractivity contribution in [3.8, 4) is 0 Å². The molecule has 0 bridgehead atoms. The Morgan fingerprint density at radius 3 is 1.80 bits per heavy atom. The maximum absolute atomic E-state index is 2.39. The molecule has 0 unspecified atom stereocenters. The Morgan fingerprint density at radius 2 is 1.30 bits per heavy atom. The number of hydrogen-bond donors (Lipinski definition) is 0. The molecule has 0 aromatic heterocycles. The minimum Gasteiger partial charge on any atom is -0.324 e. The molecule has 120 valence electrons. The van der Waals surface area contributed by atoms with Crippen molar-refractivity contribution in [1.82, 2.24) is 0 Å². The van der Waals surface area contributed by atoms with Gasteiger partial charge in [-0.25, -0.2) is 0 Å². The van der Waals surface area contributed by atoms with Crippen molar-refractivity contribution in [3.63, 3.8) is 0 Å². The molecule has 0 N–H and O–H groups in total. The molecule has 20 heavy (non-hydrogen) atoms.